The van der Waals surface area contributed by atoms with E-state index in [0.717, 1.165) is 23.8 Å². The molecule has 6 heteroatoms. The lowest BCUT2D eigenvalue weighted by atomic mass is 9.99. The van der Waals surface area contributed by atoms with Crippen molar-refractivity contribution in [1.82, 2.24) is 9.88 Å². The van der Waals surface area contributed by atoms with Gasteiger partial charge in [-0.1, -0.05) is 6.92 Å². The van der Waals surface area contributed by atoms with E-state index in [1.807, 2.05) is 6.92 Å². The molecule has 1 aliphatic rings. The van der Waals surface area contributed by atoms with Crippen LogP contribution >= 0.6 is 22.7 Å². The van der Waals surface area contributed by atoms with E-state index >= 15 is 0 Å². The Kier molecular flexibility index (Phi) is 3.87. The van der Waals surface area contributed by atoms with Gasteiger partial charge in [-0.25, -0.2) is 4.98 Å². The Morgan fingerprint density at radius 1 is 1.50 bits per heavy atom. The molecule has 0 unspecified atom stereocenters. The Bertz CT molecular complexity index is 594. The van der Waals surface area contributed by atoms with Gasteiger partial charge >= 0.3 is 5.97 Å². The smallest absolute Gasteiger partial charge is 0.308 e. The number of hydrogen-bond donors (Lipinski definition) is 1. The van der Waals surface area contributed by atoms with Crippen molar-refractivity contribution in [1.29, 1.82) is 0 Å². The topological polar surface area (TPSA) is 53.4 Å². The van der Waals surface area contributed by atoms with Crippen molar-refractivity contribution in [3.8, 4) is 10.6 Å². The normalized spacial score (nSPS) is 23.2. The lowest BCUT2D eigenvalue weighted by molar-refractivity contribution is -0.142. The number of hydrogen-bond acceptors (Lipinski definition) is 5. The van der Waals surface area contributed by atoms with Crippen LogP contribution in [0.25, 0.3) is 10.6 Å². The highest BCUT2D eigenvalue weighted by atomic mass is 32.1. The highest BCUT2D eigenvalue weighted by Gasteiger charge is 2.34. The number of thiophene rings is 1. The van der Waals surface area contributed by atoms with Gasteiger partial charge < -0.3 is 5.11 Å². The molecule has 1 fully saturated rings. The zero-order valence-electron chi connectivity index (χ0n) is 11.2. The number of likely N-dealkylation sites (tertiary alicyclic amines) is 1. The van der Waals surface area contributed by atoms with Crippen molar-refractivity contribution in [3.05, 3.63) is 27.9 Å². The molecule has 0 radical (unpaired) electrons. The second-order valence-electron chi connectivity index (χ2n) is 5.27. The third-order valence-corrected chi connectivity index (χ3v) is 5.33. The molecule has 2 atom stereocenters. The lowest BCUT2D eigenvalue weighted by Gasteiger charge is -2.12. The SMILES string of the molecule is C[C@@H]1CN(Cc2csc(-c3ccsc3)n2)C[C@H]1C(=O)O. The van der Waals surface area contributed by atoms with Gasteiger partial charge in [-0.15, -0.1) is 11.3 Å². The van der Waals surface area contributed by atoms with E-state index in [4.69, 9.17) is 5.11 Å². The van der Waals surface area contributed by atoms with Crippen LogP contribution in [0.15, 0.2) is 22.2 Å². The molecule has 3 heterocycles. The molecule has 20 heavy (non-hydrogen) atoms. The molecule has 0 aromatic carbocycles. The van der Waals surface area contributed by atoms with Crippen LogP contribution in [0, 0.1) is 11.8 Å². The zero-order valence-corrected chi connectivity index (χ0v) is 12.8. The maximum absolute atomic E-state index is 11.1. The van der Waals surface area contributed by atoms with Crippen LogP contribution < -0.4 is 0 Å². The molecule has 3 rings (SSSR count). The molecule has 0 amide bonds. The van der Waals surface area contributed by atoms with Gasteiger partial charge in [0.05, 0.1) is 11.6 Å². The van der Waals surface area contributed by atoms with Gasteiger partial charge in [0, 0.05) is 36.0 Å². The van der Waals surface area contributed by atoms with E-state index in [0.29, 0.717) is 6.54 Å². The van der Waals surface area contributed by atoms with Crippen LogP contribution in [0.2, 0.25) is 0 Å². The summed E-state index contributed by atoms with van der Waals surface area (Å²) in [5.74, 6) is -0.718. The Hall–Kier alpha value is -1.24. The summed E-state index contributed by atoms with van der Waals surface area (Å²) in [5, 5.41) is 16.4. The molecule has 1 saturated heterocycles. The predicted octanol–water partition coefficient (Wildman–Crippen LogP) is 3.02. The van der Waals surface area contributed by atoms with Crippen LogP contribution in [0.5, 0.6) is 0 Å². The fourth-order valence-corrected chi connectivity index (χ4v) is 4.17. The van der Waals surface area contributed by atoms with Crippen LogP contribution in [0.1, 0.15) is 12.6 Å². The fraction of sp³-hybridized carbons (Fsp3) is 0.429. The molecule has 0 bridgehead atoms. The van der Waals surface area contributed by atoms with Crippen molar-refractivity contribution >= 4 is 28.6 Å². The highest BCUT2D eigenvalue weighted by molar-refractivity contribution is 7.14. The predicted molar refractivity (Wildman–Crippen MR) is 81.0 cm³/mol. The number of rotatable bonds is 4. The number of carboxylic acid groups (broad SMARTS) is 1. The summed E-state index contributed by atoms with van der Waals surface area (Å²) < 4.78 is 0. The van der Waals surface area contributed by atoms with Crippen molar-refractivity contribution in [3.63, 3.8) is 0 Å². The third-order valence-electron chi connectivity index (χ3n) is 3.71. The van der Waals surface area contributed by atoms with Gasteiger partial charge in [0.2, 0.25) is 0 Å². The summed E-state index contributed by atoms with van der Waals surface area (Å²) in [7, 11) is 0. The van der Waals surface area contributed by atoms with E-state index in [2.05, 4.69) is 32.1 Å². The maximum atomic E-state index is 11.1. The minimum absolute atomic E-state index is 0.211. The van der Waals surface area contributed by atoms with Crippen LogP contribution in [-0.2, 0) is 11.3 Å². The van der Waals surface area contributed by atoms with Gasteiger partial charge in [-0.2, -0.15) is 11.3 Å². The minimum atomic E-state index is -0.683. The van der Waals surface area contributed by atoms with Gasteiger partial charge in [-0.05, 0) is 17.4 Å². The quantitative estimate of drug-likeness (QED) is 0.943. The highest BCUT2D eigenvalue weighted by Crippen LogP contribution is 2.28. The number of thiazole rings is 1. The Labute approximate surface area is 125 Å². The fourth-order valence-electron chi connectivity index (χ4n) is 2.65. The molecule has 1 N–H and O–H groups in total. The summed E-state index contributed by atoms with van der Waals surface area (Å²) >= 11 is 3.32. The monoisotopic (exact) mass is 308 g/mol. The first kappa shape index (κ1) is 13.7. The van der Waals surface area contributed by atoms with Crippen molar-refractivity contribution in [2.45, 2.75) is 13.5 Å². The first-order valence-corrected chi connectivity index (χ1v) is 8.38. The first-order chi connectivity index (χ1) is 9.63. The Morgan fingerprint density at radius 2 is 2.35 bits per heavy atom. The maximum Gasteiger partial charge on any atom is 0.308 e. The van der Waals surface area contributed by atoms with E-state index in [9.17, 15) is 4.79 Å². The largest absolute Gasteiger partial charge is 0.481 e. The van der Waals surface area contributed by atoms with E-state index in [1.165, 1.54) is 5.56 Å². The van der Waals surface area contributed by atoms with Crippen LogP contribution in [0.4, 0.5) is 0 Å². The van der Waals surface area contributed by atoms with Crippen molar-refractivity contribution in [2.24, 2.45) is 11.8 Å². The molecule has 2 aromatic heterocycles. The molecule has 106 valence electrons. The molecule has 0 saturated carbocycles. The van der Waals surface area contributed by atoms with Gasteiger partial charge in [0.25, 0.3) is 0 Å². The molecule has 1 aliphatic heterocycles. The number of carboxylic acids is 1. The standard InChI is InChI=1S/C14H16N2O2S2/c1-9-4-16(6-12(9)14(17)18)5-11-8-20-13(15-11)10-2-3-19-7-10/h2-3,7-9,12H,4-6H2,1H3,(H,17,18)/t9-,12-/m1/s1. The Balaban J connectivity index is 1.66. The number of nitrogens with zero attached hydrogens (tertiary/aromatic N) is 2. The van der Waals surface area contributed by atoms with Crippen LogP contribution in [-0.4, -0.2) is 34.0 Å². The zero-order chi connectivity index (χ0) is 14.1. The van der Waals surface area contributed by atoms with Gasteiger partial charge in [0.15, 0.2) is 0 Å². The summed E-state index contributed by atoms with van der Waals surface area (Å²) in [5.41, 5.74) is 2.21. The summed E-state index contributed by atoms with van der Waals surface area (Å²) in [6.07, 6.45) is 0. The van der Waals surface area contributed by atoms with Gasteiger partial charge in [0.1, 0.15) is 5.01 Å². The summed E-state index contributed by atoms with van der Waals surface area (Å²) in [6.45, 7) is 4.22. The molecule has 0 spiro atoms. The van der Waals surface area contributed by atoms with Crippen molar-refractivity contribution in [2.75, 3.05) is 13.1 Å². The average molecular weight is 308 g/mol. The van der Waals surface area contributed by atoms with E-state index < -0.39 is 5.97 Å². The van der Waals surface area contributed by atoms with E-state index in [1.54, 1.807) is 22.7 Å². The van der Waals surface area contributed by atoms with E-state index in [-0.39, 0.29) is 11.8 Å². The molecule has 0 aliphatic carbocycles. The minimum Gasteiger partial charge on any atom is -0.481 e. The van der Waals surface area contributed by atoms with Crippen molar-refractivity contribution < 1.29 is 9.90 Å². The second kappa shape index (κ2) is 5.63. The molecular formula is C14H16N2O2S2. The Morgan fingerprint density at radius 3 is 3.00 bits per heavy atom. The number of aromatic nitrogens is 1. The summed E-state index contributed by atoms with van der Waals surface area (Å²) in [4.78, 5) is 18.0. The number of carbonyl (C=O) groups is 1. The molecule has 2 aromatic rings. The third kappa shape index (κ3) is 2.77. The lowest BCUT2D eigenvalue weighted by Crippen LogP contribution is -2.23. The average Bonchev–Trinajstić information content (AvgIpc) is 3.09. The molecule has 4 nitrogen and oxygen atoms in total. The van der Waals surface area contributed by atoms with Gasteiger partial charge in [-0.3, -0.25) is 9.69 Å². The van der Waals surface area contributed by atoms with Crippen LogP contribution in [0.3, 0.4) is 0 Å². The number of aliphatic carboxylic acids is 1. The summed E-state index contributed by atoms with van der Waals surface area (Å²) in [6, 6.07) is 2.08. The molecular weight excluding hydrogens is 292 g/mol. The second-order valence-corrected chi connectivity index (χ2v) is 6.91. The first-order valence-electron chi connectivity index (χ1n) is 6.55.